The number of nitrogens with one attached hydrogen (secondary N) is 1. The standard InChI is InChI=1S/C16H18N4O/c1-16(2,3)13-8-10-6-4-5-7-11(10)14-18-12(9-20(13)14)15(21)19-17/h4-9H,17H2,1-3H3,(H,19,21). The highest BCUT2D eigenvalue weighted by Gasteiger charge is 2.21. The summed E-state index contributed by atoms with van der Waals surface area (Å²) in [6.45, 7) is 6.41. The fraction of sp³-hybridized carbons (Fsp3) is 0.250. The molecule has 0 spiro atoms. The molecule has 0 fully saturated rings. The van der Waals surface area contributed by atoms with E-state index in [0.29, 0.717) is 5.69 Å². The molecule has 0 radical (unpaired) electrons. The molecule has 3 rings (SSSR count). The van der Waals surface area contributed by atoms with Crippen LogP contribution in [-0.2, 0) is 5.41 Å². The van der Waals surface area contributed by atoms with Crippen molar-refractivity contribution in [3.8, 4) is 0 Å². The van der Waals surface area contributed by atoms with Crippen LogP contribution >= 0.6 is 0 Å². The van der Waals surface area contributed by atoms with Gasteiger partial charge in [-0.2, -0.15) is 0 Å². The summed E-state index contributed by atoms with van der Waals surface area (Å²) in [6, 6.07) is 10.2. The number of fused-ring (bicyclic) bond motifs is 3. The zero-order chi connectivity index (χ0) is 15.2. The lowest BCUT2D eigenvalue weighted by Crippen LogP contribution is -2.30. The van der Waals surface area contributed by atoms with E-state index in [1.807, 2.05) is 22.6 Å². The van der Waals surface area contributed by atoms with Crippen molar-refractivity contribution in [3.05, 3.63) is 47.9 Å². The van der Waals surface area contributed by atoms with Crippen molar-refractivity contribution in [2.45, 2.75) is 26.2 Å². The predicted octanol–water partition coefficient (Wildman–Crippen LogP) is 2.39. The van der Waals surface area contributed by atoms with Gasteiger partial charge in [0.2, 0.25) is 0 Å². The van der Waals surface area contributed by atoms with E-state index < -0.39 is 0 Å². The van der Waals surface area contributed by atoms with Crippen molar-refractivity contribution in [2.75, 3.05) is 0 Å². The SMILES string of the molecule is CC(C)(C)c1cc2ccccc2c2nc(C(=O)NN)cn12. The van der Waals surface area contributed by atoms with Gasteiger partial charge >= 0.3 is 0 Å². The summed E-state index contributed by atoms with van der Waals surface area (Å²) >= 11 is 0. The molecule has 3 aromatic rings. The van der Waals surface area contributed by atoms with Gasteiger partial charge in [-0.05, 0) is 11.5 Å². The number of hydrogen-bond acceptors (Lipinski definition) is 3. The molecule has 3 N–H and O–H groups in total. The third-order valence-electron chi connectivity index (χ3n) is 3.59. The zero-order valence-corrected chi connectivity index (χ0v) is 12.3. The molecule has 0 atom stereocenters. The second-order valence-electron chi connectivity index (χ2n) is 6.16. The first-order valence-corrected chi connectivity index (χ1v) is 6.84. The topological polar surface area (TPSA) is 72.4 Å². The molecule has 108 valence electrons. The van der Waals surface area contributed by atoms with Crippen LogP contribution in [-0.4, -0.2) is 15.3 Å². The first-order valence-electron chi connectivity index (χ1n) is 6.84. The number of carbonyl (C=O) groups is 1. The molecule has 2 heterocycles. The number of nitrogen functional groups attached to an aromatic ring is 1. The van der Waals surface area contributed by atoms with E-state index in [2.05, 4.69) is 43.3 Å². The lowest BCUT2D eigenvalue weighted by atomic mass is 9.90. The number of aromatic nitrogens is 2. The maximum atomic E-state index is 11.8. The molecule has 0 saturated heterocycles. The summed E-state index contributed by atoms with van der Waals surface area (Å²) in [7, 11) is 0. The highest BCUT2D eigenvalue weighted by molar-refractivity contribution is 5.98. The van der Waals surface area contributed by atoms with Crippen LogP contribution in [0.1, 0.15) is 37.0 Å². The van der Waals surface area contributed by atoms with Crippen molar-refractivity contribution in [3.63, 3.8) is 0 Å². The average molecular weight is 282 g/mol. The fourth-order valence-corrected chi connectivity index (χ4v) is 2.56. The largest absolute Gasteiger partial charge is 0.302 e. The zero-order valence-electron chi connectivity index (χ0n) is 12.3. The number of hydrogen-bond donors (Lipinski definition) is 2. The predicted molar refractivity (Wildman–Crippen MR) is 83.1 cm³/mol. The van der Waals surface area contributed by atoms with E-state index in [4.69, 9.17) is 5.84 Å². The smallest absolute Gasteiger partial charge is 0.285 e. The van der Waals surface area contributed by atoms with E-state index in [-0.39, 0.29) is 11.3 Å². The third kappa shape index (κ3) is 2.15. The lowest BCUT2D eigenvalue weighted by Gasteiger charge is -2.21. The van der Waals surface area contributed by atoms with Crippen LogP contribution < -0.4 is 11.3 Å². The van der Waals surface area contributed by atoms with Crippen LogP contribution in [0.5, 0.6) is 0 Å². The van der Waals surface area contributed by atoms with Gasteiger partial charge in [0.05, 0.1) is 0 Å². The van der Waals surface area contributed by atoms with E-state index in [1.165, 1.54) is 0 Å². The van der Waals surface area contributed by atoms with Crippen LogP contribution in [0.15, 0.2) is 36.5 Å². The van der Waals surface area contributed by atoms with Crippen molar-refractivity contribution in [1.29, 1.82) is 0 Å². The minimum Gasteiger partial charge on any atom is -0.302 e. The number of benzene rings is 1. The van der Waals surface area contributed by atoms with Gasteiger partial charge in [-0.25, -0.2) is 10.8 Å². The second-order valence-corrected chi connectivity index (χ2v) is 6.16. The fourth-order valence-electron chi connectivity index (χ4n) is 2.56. The lowest BCUT2D eigenvalue weighted by molar-refractivity contribution is 0.0949. The molecule has 0 aliphatic rings. The van der Waals surface area contributed by atoms with Gasteiger partial charge in [-0.3, -0.25) is 10.2 Å². The molecule has 21 heavy (non-hydrogen) atoms. The molecular weight excluding hydrogens is 264 g/mol. The summed E-state index contributed by atoms with van der Waals surface area (Å²) < 4.78 is 1.98. The Labute approximate surface area is 122 Å². The Balaban J connectivity index is 2.44. The van der Waals surface area contributed by atoms with Gasteiger partial charge in [0.1, 0.15) is 11.3 Å². The number of rotatable bonds is 1. The number of nitrogens with two attached hydrogens (primary N) is 1. The molecule has 5 heteroatoms. The van der Waals surface area contributed by atoms with Crippen molar-refractivity contribution < 1.29 is 4.79 Å². The van der Waals surface area contributed by atoms with Crippen LogP contribution in [0.3, 0.4) is 0 Å². The number of pyridine rings is 1. The van der Waals surface area contributed by atoms with Crippen LogP contribution in [0.2, 0.25) is 0 Å². The first-order chi connectivity index (χ1) is 9.91. The summed E-state index contributed by atoms with van der Waals surface area (Å²) in [4.78, 5) is 16.2. The summed E-state index contributed by atoms with van der Waals surface area (Å²) in [5.41, 5.74) is 4.25. The number of amides is 1. The van der Waals surface area contributed by atoms with Crippen LogP contribution in [0.25, 0.3) is 16.4 Å². The Bertz CT molecular complexity index is 842. The number of hydrazine groups is 1. The van der Waals surface area contributed by atoms with E-state index in [1.54, 1.807) is 6.20 Å². The summed E-state index contributed by atoms with van der Waals surface area (Å²) in [6.07, 6.45) is 1.74. The molecule has 2 aromatic heterocycles. The average Bonchev–Trinajstić information content (AvgIpc) is 2.89. The minimum atomic E-state index is -0.386. The molecule has 0 bridgehead atoms. The number of nitrogens with zero attached hydrogens (tertiary/aromatic N) is 2. The van der Waals surface area contributed by atoms with Gasteiger partial charge in [0.15, 0.2) is 0 Å². The van der Waals surface area contributed by atoms with Crippen molar-refractivity contribution in [2.24, 2.45) is 5.84 Å². The van der Waals surface area contributed by atoms with Gasteiger partial charge in [-0.1, -0.05) is 45.0 Å². The second kappa shape index (κ2) is 4.56. The van der Waals surface area contributed by atoms with Gasteiger partial charge in [-0.15, -0.1) is 0 Å². The van der Waals surface area contributed by atoms with Crippen molar-refractivity contribution in [1.82, 2.24) is 14.8 Å². The van der Waals surface area contributed by atoms with Gasteiger partial charge in [0, 0.05) is 22.7 Å². The first kappa shape index (κ1) is 13.6. The molecule has 1 aromatic carbocycles. The maximum Gasteiger partial charge on any atom is 0.285 e. The highest BCUT2D eigenvalue weighted by Crippen LogP contribution is 2.29. The molecule has 1 amide bonds. The molecule has 0 unspecified atom stereocenters. The maximum absolute atomic E-state index is 11.8. The highest BCUT2D eigenvalue weighted by atomic mass is 16.2. The van der Waals surface area contributed by atoms with Crippen LogP contribution in [0, 0.1) is 0 Å². The quantitative estimate of drug-likeness (QED) is 0.409. The molecule has 0 saturated carbocycles. The normalized spacial score (nSPS) is 12.0. The molecule has 5 nitrogen and oxygen atoms in total. The van der Waals surface area contributed by atoms with E-state index in [9.17, 15) is 4.79 Å². The third-order valence-corrected chi connectivity index (χ3v) is 3.59. The summed E-state index contributed by atoms with van der Waals surface area (Å²) in [5.74, 6) is 4.83. The molecule has 0 aliphatic carbocycles. The Morgan fingerprint density at radius 3 is 2.67 bits per heavy atom. The van der Waals surface area contributed by atoms with Crippen molar-refractivity contribution >= 4 is 22.3 Å². The van der Waals surface area contributed by atoms with Gasteiger partial charge < -0.3 is 4.40 Å². The van der Waals surface area contributed by atoms with Gasteiger partial charge in [0.25, 0.3) is 5.91 Å². The Kier molecular flexibility index (Phi) is 2.95. The monoisotopic (exact) mass is 282 g/mol. The Hall–Kier alpha value is -2.40. The number of carbonyl (C=O) groups excluding carboxylic acids is 1. The Morgan fingerprint density at radius 1 is 1.29 bits per heavy atom. The van der Waals surface area contributed by atoms with E-state index >= 15 is 0 Å². The molecule has 0 aliphatic heterocycles. The summed E-state index contributed by atoms with van der Waals surface area (Å²) in [5, 5.41) is 2.13. The Morgan fingerprint density at radius 2 is 2.00 bits per heavy atom. The number of imidazole rings is 1. The van der Waals surface area contributed by atoms with E-state index in [0.717, 1.165) is 22.1 Å². The molecular formula is C16H18N4O. The minimum absolute atomic E-state index is 0.0700. The van der Waals surface area contributed by atoms with Crippen LogP contribution in [0.4, 0.5) is 0 Å².